The lowest BCUT2D eigenvalue weighted by Crippen LogP contribution is -2.71. The van der Waals surface area contributed by atoms with Gasteiger partial charge in [-0.2, -0.15) is 0 Å². The van der Waals surface area contributed by atoms with Crippen LogP contribution in [0.3, 0.4) is 0 Å². The highest BCUT2D eigenvalue weighted by Crippen LogP contribution is 2.55. The molecular weight excluding hydrogens is 416 g/mol. The average Bonchev–Trinajstić information content (AvgIpc) is 2.78. The normalized spacial score (nSPS) is 16.7. The van der Waals surface area contributed by atoms with Crippen molar-refractivity contribution in [3.63, 3.8) is 0 Å². The Labute approximate surface area is 193 Å². The van der Waals surface area contributed by atoms with Crippen LogP contribution < -0.4 is 0 Å². The molecule has 1 rings (SSSR count). The minimum absolute atomic E-state index is 0.141. The number of hydrogen-bond acceptors (Lipinski definition) is 8. The molecule has 188 valence electrons. The second-order valence-corrected chi connectivity index (χ2v) is 7.81. The van der Waals surface area contributed by atoms with Gasteiger partial charge in [0, 0.05) is 7.11 Å². The minimum atomic E-state index is -1.53. The van der Waals surface area contributed by atoms with E-state index >= 15 is 0 Å². The SMILES string of the molecule is CCCCOC1(OCCCC)C(OC)=C(OC(=O)COC)C1(OCCCC)OCCCC. The highest BCUT2D eigenvalue weighted by Gasteiger charge is 2.75. The summed E-state index contributed by atoms with van der Waals surface area (Å²) in [6.45, 7) is 9.74. The molecule has 0 saturated carbocycles. The van der Waals surface area contributed by atoms with E-state index in [4.69, 9.17) is 33.2 Å². The summed E-state index contributed by atoms with van der Waals surface area (Å²) < 4.78 is 41.6. The summed E-state index contributed by atoms with van der Waals surface area (Å²) in [6.07, 6.45) is 7.04. The fourth-order valence-corrected chi connectivity index (χ4v) is 3.30. The smallest absolute Gasteiger partial charge is 0.337 e. The molecule has 0 amide bonds. The molecule has 0 saturated heterocycles. The van der Waals surface area contributed by atoms with Gasteiger partial charge in [-0.05, 0) is 25.7 Å². The molecule has 0 unspecified atom stereocenters. The Morgan fingerprint density at radius 2 is 1.03 bits per heavy atom. The fraction of sp³-hybridized carbons (Fsp3) is 0.875. The third-order valence-electron chi connectivity index (χ3n) is 5.13. The van der Waals surface area contributed by atoms with Crippen LogP contribution in [0.5, 0.6) is 0 Å². The first-order valence-corrected chi connectivity index (χ1v) is 12.1. The van der Waals surface area contributed by atoms with Gasteiger partial charge in [0.25, 0.3) is 11.6 Å². The number of esters is 1. The van der Waals surface area contributed by atoms with E-state index in [2.05, 4.69) is 27.7 Å². The molecule has 0 bridgehead atoms. The van der Waals surface area contributed by atoms with E-state index in [1.54, 1.807) is 0 Å². The van der Waals surface area contributed by atoms with Crippen molar-refractivity contribution in [1.29, 1.82) is 0 Å². The van der Waals surface area contributed by atoms with Gasteiger partial charge in [-0.15, -0.1) is 0 Å². The quantitative estimate of drug-likeness (QED) is 0.147. The monoisotopic (exact) mass is 460 g/mol. The Morgan fingerprint density at radius 1 is 0.656 bits per heavy atom. The Balaban J connectivity index is 3.48. The molecule has 0 spiro atoms. The van der Waals surface area contributed by atoms with Gasteiger partial charge >= 0.3 is 5.97 Å². The number of hydrogen-bond donors (Lipinski definition) is 0. The van der Waals surface area contributed by atoms with Gasteiger partial charge in [-0.25, -0.2) is 4.79 Å². The molecule has 0 aromatic heterocycles. The Bertz CT molecular complexity index is 540. The second kappa shape index (κ2) is 15.6. The lowest BCUT2D eigenvalue weighted by atomic mass is 9.86. The second-order valence-electron chi connectivity index (χ2n) is 7.81. The summed E-state index contributed by atoms with van der Waals surface area (Å²) in [6, 6.07) is 0. The van der Waals surface area contributed by atoms with Crippen molar-refractivity contribution in [1.82, 2.24) is 0 Å². The van der Waals surface area contributed by atoms with Crippen molar-refractivity contribution >= 4 is 5.97 Å². The van der Waals surface area contributed by atoms with E-state index in [9.17, 15) is 4.79 Å². The molecule has 0 aliphatic heterocycles. The van der Waals surface area contributed by atoms with Crippen molar-refractivity contribution in [3.8, 4) is 0 Å². The number of ether oxygens (including phenoxy) is 7. The van der Waals surface area contributed by atoms with Crippen LogP contribution in [0.2, 0.25) is 0 Å². The van der Waals surface area contributed by atoms with E-state index in [1.165, 1.54) is 14.2 Å². The van der Waals surface area contributed by atoms with E-state index in [1.807, 2.05) is 0 Å². The summed E-state index contributed by atoms with van der Waals surface area (Å²) in [5.41, 5.74) is 0. The zero-order valence-corrected chi connectivity index (χ0v) is 21.0. The summed E-state index contributed by atoms with van der Waals surface area (Å²) in [5.74, 6) is -3.15. The standard InChI is InChI=1S/C24H44O8/c1-7-11-15-28-23(29-16-12-8-2)21(27-6)22(32-20(25)19-26-5)24(23,30-17-13-9-3)31-18-14-10-4/h7-19H2,1-6H3. The molecule has 8 nitrogen and oxygen atoms in total. The average molecular weight is 461 g/mol. The van der Waals surface area contributed by atoms with Crippen molar-refractivity contribution in [2.24, 2.45) is 0 Å². The molecule has 0 aromatic carbocycles. The van der Waals surface area contributed by atoms with Gasteiger partial charge in [0.05, 0.1) is 33.5 Å². The van der Waals surface area contributed by atoms with Gasteiger partial charge in [0.1, 0.15) is 6.61 Å². The van der Waals surface area contributed by atoms with Crippen LogP contribution in [-0.2, 0) is 38.0 Å². The molecule has 0 atom stereocenters. The highest BCUT2D eigenvalue weighted by molar-refractivity contribution is 5.73. The molecule has 1 aliphatic carbocycles. The maximum absolute atomic E-state index is 12.4. The molecule has 8 heteroatoms. The third kappa shape index (κ3) is 6.90. The molecule has 0 aromatic rings. The van der Waals surface area contributed by atoms with Crippen LogP contribution >= 0.6 is 0 Å². The van der Waals surface area contributed by atoms with Crippen LogP contribution in [0.25, 0.3) is 0 Å². The number of methoxy groups -OCH3 is 2. The first-order valence-electron chi connectivity index (χ1n) is 12.1. The molecule has 0 radical (unpaired) electrons. The van der Waals surface area contributed by atoms with Gasteiger partial charge in [0.2, 0.25) is 11.5 Å². The van der Waals surface area contributed by atoms with Gasteiger partial charge in [-0.1, -0.05) is 53.4 Å². The summed E-state index contributed by atoms with van der Waals surface area (Å²) in [7, 11) is 2.94. The van der Waals surface area contributed by atoms with Crippen molar-refractivity contribution in [2.75, 3.05) is 47.3 Å². The van der Waals surface area contributed by atoms with Crippen molar-refractivity contribution < 1.29 is 38.0 Å². The summed E-state index contributed by atoms with van der Waals surface area (Å²) in [5, 5.41) is 0. The third-order valence-corrected chi connectivity index (χ3v) is 5.13. The van der Waals surface area contributed by atoms with Crippen LogP contribution in [0, 0.1) is 0 Å². The van der Waals surface area contributed by atoms with Crippen LogP contribution in [-0.4, -0.2) is 64.8 Å². The Hall–Kier alpha value is -1.19. The van der Waals surface area contributed by atoms with Crippen LogP contribution in [0.15, 0.2) is 11.5 Å². The molecule has 32 heavy (non-hydrogen) atoms. The van der Waals surface area contributed by atoms with Crippen LogP contribution in [0.1, 0.15) is 79.1 Å². The predicted octanol–water partition coefficient (Wildman–Crippen LogP) is 4.71. The van der Waals surface area contributed by atoms with Crippen molar-refractivity contribution in [3.05, 3.63) is 11.5 Å². The molecule has 0 N–H and O–H groups in total. The predicted molar refractivity (Wildman–Crippen MR) is 121 cm³/mol. The summed E-state index contributed by atoms with van der Waals surface area (Å²) in [4.78, 5) is 12.4. The highest BCUT2D eigenvalue weighted by atomic mass is 16.8. The lowest BCUT2D eigenvalue weighted by Gasteiger charge is -2.54. The maximum Gasteiger partial charge on any atom is 0.337 e. The lowest BCUT2D eigenvalue weighted by molar-refractivity contribution is -0.422. The Morgan fingerprint density at radius 3 is 1.34 bits per heavy atom. The Kier molecular flexibility index (Phi) is 14.1. The van der Waals surface area contributed by atoms with E-state index < -0.39 is 17.5 Å². The molecule has 0 heterocycles. The zero-order valence-electron chi connectivity index (χ0n) is 21.0. The van der Waals surface area contributed by atoms with Gasteiger partial charge in [0.15, 0.2) is 0 Å². The first-order chi connectivity index (χ1) is 15.5. The number of carbonyl (C=O) groups excluding carboxylic acids is 1. The van der Waals surface area contributed by atoms with Gasteiger partial charge < -0.3 is 33.2 Å². The van der Waals surface area contributed by atoms with E-state index in [-0.39, 0.29) is 18.1 Å². The molecule has 0 fully saturated rings. The van der Waals surface area contributed by atoms with E-state index in [0.29, 0.717) is 26.4 Å². The summed E-state index contributed by atoms with van der Waals surface area (Å²) >= 11 is 0. The topological polar surface area (TPSA) is 81.7 Å². The zero-order chi connectivity index (χ0) is 23.9. The first kappa shape index (κ1) is 28.8. The fourth-order valence-electron chi connectivity index (χ4n) is 3.30. The molecular formula is C24H44O8. The number of unbranched alkanes of at least 4 members (excludes halogenated alkanes) is 4. The van der Waals surface area contributed by atoms with Crippen LogP contribution in [0.4, 0.5) is 0 Å². The largest absolute Gasteiger partial charge is 0.492 e. The van der Waals surface area contributed by atoms with Crippen molar-refractivity contribution in [2.45, 2.75) is 90.6 Å². The number of carbonyl (C=O) groups is 1. The van der Waals surface area contributed by atoms with Gasteiger partial charge in [-0.3, -0.25) is 0 Å². The molecule has 1 aliphatic rings. The minimum Gasteiger partial charge on any atom is -0.492 e. The number of rotatable bonds is 20. The van der Waals surface area contributed by atoms with E-state index in [0.717, 1.165) is 51.4 Å². The maximum atomic E-state index is 12.4.